The summed E-state index contributed by atoms with van der Waals surface area (Å²) >= 11 is 12.8. The molecule has 0 atom stereocenters. The number of anilines is 2. The largest absolute Gasteiger partial charge is 0.368 e. The zero-order chi connectivity index (χ0) is 22.5. The van der Waals surface area contributed by atoms with Crippen LogP contribution in [-0.4, -0.2) is 48.0 Å². The third-order valence-corrected chi connectivity index (χ3v) is 6.53. The molecule has 2 heterocycles. The van der Waals surface area contributed by atoms with Gasteiger partial charge in [0.2, 0.25) is 0 Å². The molecule has 0 spiro atoms. The molecule has 0 radical (unpaired) electrons. The smallest absolute Gasteiger partial charge is 0.264 e. The molecule has 0 bridgehead atoms. The van der Waals surface area contributed by atoms with Crippen molar-refractivity contribution < 1.29 is 9.59 Å². The van der Waals surface area contributed by atoms with Crippen molar-refractivity contribution in [3.63, 3.8) is 0 Å². The van der Waals surface area contributed by atoms with Crippen LogP contribution in [-0.2, 0) is 0 Å². The number of carbonyl (C=O) groups excluding carboxylic acids is 2. The normalized spacial score (nSPS) is 13.5. The van der Waals surface area contributed by atoms with Crippen molar-refractivity contribution in [2.45, 2.75) is 0 Å². The third kappa shape index (κ3) is 5.27. The molecule has 2 aromatic carbocycles. The van der Waals surface area contributed by atoms with E-state index in [9.17, 15) is 9.59 Å². The fraction of sp³-hybridized carbons (Fsp3) is 0.174. The van der Waals surface area contributed by atoms with Gasteiger partial charge < -0.3 is 15.1 Å². The number of thiocarbonyl (C=S) groups is 1. The number of thiophene rings is 1. The summed E-state index contributed by atoms with van der Waals surface area (Å²) in [6, 6.07) is 18.4. The molecule has 0 aliphatic carbocycles. The second kappa shape index (κ2) is 10.1. The Bertz CT molecular complexity index is 1110. The Labute approximate surface area is 200 Å². The lowest BCUT2D eigenvalue weighted by atomic mass is 10.2. The van der Waals surface area contributed by atoms with Gasteiger partial charge in [0.15, 0.2) is 5.11 Å². The van der Waals surface area contributed by atoms with Crippen LogP contribution in [0.4, 0.5) is 11.4 Å². The van der Waals surface area contributed by atoms with Gasteiger partial charge in [-0.2, -0.15) is 0 Å². The fourth-order valence-electron chi connectivity index (χ4n) is 3.46. The monoisotopic (exact) mass is 484 g/mol. The minimum atomic E-state index is -0.361. The maximum Gasteiger partial charge on any atom is 0.264 e. The Hall–Kier alpha value is -2.94. The van der Waals surface area contributed by atoms with E-state index in [0.717, 1.165) is 29.3 Å². The van der Waals surface area contributed by atoms with E-state index in [2.05, 4.69) is 15.5 Å². The topological polar surface area (TPSA) is 64.7 Å². The third-order valence-electron chi connectivity index (χ3n) is 5.13. The number of hydrogen-bond donors (Lipinski definition) is 2. The second-order valence-electron chi connectivity index (χ2n) is 7.19. The predicted octanol–water partition coefficient (Wildman–Crippen LogP) is 4.49. The molecule has 2 N–H and O–H groups in total. The molecule has 9 heteroatoms. The minimum absolute atomic E-state index is 0.103. The summed E-state index contributed by atoms with van der Waals surface area (Å²) in [5, 5.41) is 8.15. The Morgan fingerprint density at radius 3 is 2.31 bits per heavy atom. The van der Waals surface area contributed by atoms with Crippen molar-refractivity contribution in [1.82, 2.24) is 10.2 Å². The zero-order valence-corrected chi connectivity index (χ0v) is 19.5. The molecule has 1 aliphatic heterocycles. The molecule has 0 unspecified atom stereocenters. The van der Waals surface area contributed by atoms with Crippen LogP contribution in [0.2, 0.25) is 5.02 Å². The molecule has 1 aliphatic rings. The average molecular weight is 485 g/mol. The summed E-state index contributed by atoms with van der Waals surface area (Å²) in [6.45, 7) is 2.93. The lowest BCUT2D eigenvalue weighted by molar-refractivity contribution is 0.0751. The van der Waals surface area contributed by atoms with Crippen molar-refractivity contribution in [3.05, 3.63) is 81.5 Å². The fourth-order valence-corrected chi connectivity index (χ4v) is 4.58. The van der Waals surface area contributed by atoms with Crippen molar-refractivity contribution >= 4 is 63.5 Å². The standard InChI is InChI=1S/C23H21ClN4O2S2/c24-19-5-2-1-4-18(19)21(29)26-23(31)25-16-7-9-17(10-8-16)27-11-13-28(14-12-27)22(30)20-6-3-15-32-20/h1-10,15H,11-14H2,(H2,25,26,29,31). The SMILES string of the molecule is O=C(NC(=S)Nc1ccc(N2CCN(C(=O)c3cccs3)CC2)cc1)c1ccccc1Cl. The van der Waals surface area contributed by atoms with Crippen LogP contribution in [0.5, 0.6) is 0 Å². The van der Waals surface area contributed by atoms with E-state index in [1.807, 2.05) is 46.7 Å². The highest BCUT2D eigenvalue weighted by atomic mass is 35.5. The van der Waals surface area contributed by atoms with Crippen LogP contribution in [0.3, 0.4) is 0 Å². The summed E-state index contributed by atoms with van der Waals surface area (Å²) < 4.78 is 0. The molecule has 4 rings (SSSR count). The van der Waals surface area contributed by atoms with Gasteiger partial charge in [-0.15, -0.1) is 11.3 Å². The number of benzene rings is 2. The van der Waals surface area contributed by atoms with E-state index < -0.39 is 0 Å². The van der Waals surface area contributed by atoms with Crippen LogP contribution in [0.25, 0.3) is 0 Å². The van der Waals surface area contributed by atoms with E-state index in [1.165, 1.54) is 11.3 Å². The first kappa shape index (κ1) is 22.3. The number of amides is 2. The van der Waals surface area contributed by atoms with Gasteiger partial charge in [0, 0.05) is 37.6 Å². The molecule has 1 saturated heterocycles. The van der Waals surface area contributed by atoms with Crippen LogP contribution < -0.4 is 15.5 Å². The summed E-state index contributed by atoms with van der Waals surface area (Å²) in [5.74, 6) is -0.258. The minimum Gasteiger partial charge on any atom is -0.368 e. The quantitative estimate of drug-likeness (QED) is 0.534. The van der Waals surface area contributed by atoms with E-state index in [0.29, 0.717) is 23.7 Å². The summed E-state index contributed by atoms with van der Waals surface area (Å²) in [7, 11) is 0. The van der Waals surface area contributed by atoms with E-state index in [4.69, 9.17) is 23.8 Å². The lowest BCUT2D eigenvalue weighted by Gasteiger charge is -2.36. The number of halogens is 1. The van der Waals surface area contributed by atoms with Gasteiger partial charge in [0.05, 0.1) is 15.5 Å². The molecule has 3 aromatic rings. The van der Waals surface area contributed by atoms with E-state index in [1.54, 1.807) is 24.3 Å². The van der Waals surface area contributed by atoms with Gasteiger partial charge in [-0.3, -0.25) is 14.9 Å². The molecule has 1 aromatic heterocycles. The first-order valence-corrected chi connectivity index (χ1v) is 11.7. The highest BCUT2D eigenvalue weighted by Crippen LogP contribution is 2.21. The van der Waals surface area contributed by atoms with Crippen LogP contribution in [0.15, 0.2) is 66.0 Å². The van der Waals surface area contributed by atoms with Gasteiger partial charge in [0.25, 0.3) is 11.8 Å². The molecule has 6 nitrogen and oxygen atoms in total. The average Bonchev–Trinajstić information content (AvgIpc) is 3.34. The number of hydrogen-bond acceptors (Lipinski definition) is 5. The van der Waals surface area contributed by atoms with E-state index >= 15 is 0 Å². The van der Waals surface area contributed by atoms with Gasteiger partial charge in [0.1, 0.15) is 0 Å². The maximum atomic E-state index is 12.5. The Morgan fingerprint density at radius 1 is 0.938 bits per heavy atom. The lowest BCUT2D eigenvalue weighted by Crippen LogP contribution is -2.48. The van der Waals surface area contributed by atoms with E-state index in [-0.39, 0.29) is 16.9 Å². The number of rotatable bonds is 4. The number of piperazine rings is 1. The number of nitrogens with zero attached hydrogens (tertiary/aromatic N) is 2. The zero-order valence-electron chi connectivity index (χ0n) is 17.1. The van der Waals surface area contributed by atoms with Crippen molar-refractivity contribution in [2.24, 2.45) is 0 Å². The van der Waals surface area contributed by atoms with Gasteiger partial charge >= 0.3 is 0 Å². The summed E-state index contributed by atoms with van der Waals surface area (Å²) in [4.78, 5) is 29.8. The summed E-state index contributed by atoms with van der Waals surface area (Å²) in [6.07, 6.45) is 0. The molecule has 2 amide bonds. The van der Waals surface area contributed by atoms with Crippen molar-refractivity contribution in [1.29, 1.82) is 0 Å². The van der Waals surface area contributed by atoms with Crippen LogP contribution in [0, 0.1) is 0 Å². The molecular weight excluding hydrogens is 464 g/mol. The molecule has 0 saturated carbocycles. The predicted molar refractivity (Wildman–Crippen MR) is 134 cm³/mol. The van der Waals surface area contributed by atoms with Crippen LogP contribution >= 0.6 is 35.2 Å². The molecule has 1 fully saturated rings. The van der Waals surface area contributed by atoms with Crippen molar-refractivity contribution in [2.75, 3.05) is 36.4 Å². The molecular formula is C23H21ClN4O2S2. The number of nitrogens with one attached hydrogen (secondary N) is 2. The second-order valence-corrected chi connectivity index (χ2v) is 8.95. The molecule has 32 heavy (non-hydrogen) atoms. The highest BCUT2D eigenvalue weighted by Gasteiger charge is 2.22. The summed E-state index contributed by atoms with van der Waals surface area (Å²) in [5.41, 5.74) is 2.21. The molecule has 164 valence electrons. The Morgan fingerprint density at radius 2 is 1.66 bits per heavy atom. The number of carbonyl (C=O) groups is 2. The van der Waals surface area contributed by atoms with Gasteiger partial charge in [-0.25, -0.2) is 0 Å². The van der Waals surface area contributed by atoms with Crippen molar-refractivity contribution in [3.8, 4) is 0 Å². The highest BCUT2D eigenvalue weighted by molar-refractivity contribution is 7.80. The Kier molecular flexibility index (Phi) is 7.04. The first-order chi connectivity index (χ1) is 15.5. The maximum absolute atomic E-state index is 12.5. The Balaban J connectivity index is 1.29. The van der Waals surface area contributed by atoms with Gasteiger partial charge in [-0.05, 0) is 60.1 Å². The first-order valence-electron chi connectivity index (χ1n) is 10.1. The van der Waals surface area contributed by atoms with Gasteiger partial charge in [-0.1, -0.05) is 29.8 Å². The van der Waals surface area contributed by atoms with Crippen LogP contribution in [0.1, 0.15) is 20.0 Å².